The van der Waals surface area contributed by atoms with Gasteiger partial charge in [-0.05, 0) is 73.0 Å². The van der Waals surface area contributed by atoms with Gasteiger partial charge in [0.05, 0.1) is 18.6 Å². The van der Waals surface area contributed by atoms with E-state index in [4.69, 9.17) is 9.47 Å². The average molecular weight is 397 g/mol. The normalized spacial score (nSPS) is 15.4. The molecule has 6 heteroatoms. The quantitative estimate of drug-likeness (QED) is 0.659. The number of benzene rings is 2. The van der Waals surface area contributed by atoms with Gasteiger partial charge in [0.15, 0.2) is 0 Å². The van der Waals surface area contributed by atoms with E-state index < -0.39 is 0 Å². The average Bonchev–Trinajstić information content (AvgIpc) is 2.93. The van der Waals surface area contributed by atoms with E-state index in [1.807, 2.05) is 57.2 Å². The van der Waals surface area contributed by atoms with Crippen LogP contribution in [0.1, 0.15) is 22.3 Å². The largest absolute Gasteiger partial charge is 0.496 e. The molecule has 1 aliphatic heterocycles. The second-order valence-corrected chi connectivity index (χ2v) is 7.67. The summed E-state index contributed by atoms with van der Waals surface area (Å²) in [5.41, 5.74) is 3.95. The molecule has 0 N–H and O–H groups in total. The van der Waals surface area contributed by atoms with E-state index in [1.165, 1.54) is 4.90 Å². The second kappa shape index (κ2) is 8.52. The van der Waals surface area contributed by atoms with Crippen molar-refractivity contribution in [2.75, 3.05) is 20.3 Å². The summed E-state index contributed by atoms with van der Waals surface area (Å²) in [4.78, 5) is 26.5. The van der Waals surface area contributed by atoms with E-state index in [9.17, 15) is 9.59 Å². The van der Waals surface area contributed by atoms with Crippen molar-refractivity contribution in [2.45, 2.75) is 20.8 Å². The van der Waals surface area contributed by atoms with Crippen molar-refractivity contribution in [2.24, 2.45) is 0 Å². The lowest BCUT2D eigenvalue weighted by atomic mass is 10.1. The Hall–Kier alpha value is -2.73. The molecule has 0 atom stereocenters. The summed E-state index contributed by atoms with van der Waals surface area (Å²) in [5, 5.41) is -0.278. The maximum absolute atomic E-state index is 12.6. The molecular weight excluding hydrogens is 374 g/mol. The molecule has 0 aliphatic carbocycles. The van der Waals surface area contributed by atoms with Gasteiger partial charge in [0.1, 0.15) is 18.1 Å². The number of hydrogen-bond donors (Lipinski definition) is 0. The summed E-state index contributed by atoms with van der Waals surface area (Å²) < 4.78 is 11.1. The first-order valence-electron chi connectivity index (χ1n) is 8.99. The maximum Gasteiger partial charge on any atom is 0.293 e. The summed E-state index contributed by atoms with van der Waals surface area (Å²) in [6.07, 6.45) is 1.72. The number of hydrogen-bond acceptors (Lipinski definition) is 5. The molecule has 2 aromatic carbocycles. The van der Waals surface area contributed by atoms with Crippen LogP contribution in [0.25, 0.3) is 6.08 Å². The van der Waals surface area contributed by atoms with E-state index in [0.29, 0.717) is 4.91 Å². The first kappa shape index (κ1) is 20.0. The number of aryl methyl sites for hydroxylation is 3. The van der Waals surface area contributed by atoms with Gasteiger partial charge in [0.2, 0.25) is 0 Å². The van der Waals surface area contributed by atoms with Gasteiger partial charge in [0.25, 0.3) is 11.1 Å². The van der Waals surface area contributed by atoms with Crippen LogP contribution in [0.5, 0.6) is 11.5 Å². The molecule has 28 heavy (non-hydrogen) atoms. The van der Waals surface area contributed by atoms with Crippen molar-refractivity contribution in [3.63, 3.8) is 0 Å². The maximum atomic E-state index is 12.6. The summed E-state index contributed by atoms with van der Waals surface area (Å²) in [5.74, 6) is 1.23. The highest BCUT2D eigenvalue weighted by Gasteiger charge is 2.34. The van der Waals surface area contributed by atoms with Crippen LogP contribution in [0.2, 0.25) is 0 Å². The van der Waals surface area contributed by atoms with Crippen molar-refractivity contribution in [1.29, 1.82) is 0 Å². The number of carbonyl (C=O) groups excluding carboxylic acids is 2. The Morgan fingerprint density at radius 2 is 1.71 bits per heavy atom. The van der Waals surface area contributed by atoms with E-state index in [2.05, 4.69) is 0 Å². The zero-order chi connectivity index (χ0) is 20.3. The lowest BCUT2D eigenvalue weighted by Gasteiger charge is -2.14. The van der Waals surface area contributed by atoms with Crippen LogP contribution in [0.15, 0.2) is 41.3 Å². The number of ether oxygens (including phenoxy) is 2. The topological polar surface area (TPSA) is 55.8 Å². The minimum Gasteiger partial charge on any atom is -0.496 e. The van der Waals surface area contributed by atoms with E-state index in [-0.39, 0.29) is 24.3 Å². The number of imide groups is 1. The van der Waals surface area contributed by atoms with Gasteiger partial charge in [-0.25, -0.2) is 0 Å². The van der Waals surface area contributed by atoms with Gasteiger partial charge in [-0.1, -0.05) is 24.3 Å². The number of nitrogens with zero attached hydrogens (tertiary/aromatic N) is 1. The number of methoxy groups -OCH3 is 1. The third kappa shape index (κ3) is 4.39. The molecule has 0 bridgehead atoms. The highest BCUT2D eigenvalue weighted by molar-refractivity contribution is 8.18. The summed E-state index contributed by atoms with van der Waals surface area (Å²) in [6.45, 7) is 6.38. The van der Waals surface area contributed by atoms with Crippen LogP contribution in [0, 0.1) is 20.8 Å². The molecule has 0 aromatic heterocycles. The molecule has 2 aromatic rings. The van der Waals surface area contributed by atoms with Crippen LogP contribution in [0.3, 0.4) is 0 Å². The Kier molecular flexibility index (Phi) is 6.09. The predicted octanol–water partition coefficient (Wildman–Crippen LogP) is 4.74. The van der Waals surface area contributed by atoms with Crippen LogP contribution in [0.4, 0.5) is 4.79 Å². The monoisotopic (exact) mass is 397 g/mol. The van der Waals surface area contributed by atoms with Gasteiger partial charge in [0, 0.05) is 0 Å². The number of rotatable bonds is 6. The van der Waals surface area contributed by atoms with Crippen LogP contribution >= 0.6 is 11.8 Å². The molecule has 146 valence electrons. The smallest absolute Gasteiger partial charge is 0.293 e. The first-order valence-corrected chi connectivity index (χ1v) is 9.81. The van der Waals surface area contributed by atoms with Gasteiger partial charge >= 0.3 is 0 Å². The summed E-state index contributed by atoms with van der Waals surface area (Å²) in [6, 6.07) is 11.6. The lowest BCUT2D eigenvalue weighted by Crippen LogP contribution is -2.32. The fourth-order valence-corrected chi connectivity index (χ4v) is 3.75. The number of carbonyl (C=O) groups is 2. The summed E-state index contributed by atoms with van der Waals surface area (Å²) in [7, 11) is 1.61. The molecular formula is C22H23NO4S. The Balaban J connectivity index is 1.67. The second-order valence-electron chi connectivity index (χ2n) is 6.68. The Morgan fingerprint density at radius 1 is 1.00 bits per heavy atom. The van der Waals surface area contributed by atoms with E-state index >= 15 is 0 Å². The molecule has 1 aliphatic rings. The minimum absolute atomic E-state index is 0.215. The molecule has 1 fully saturated rings. The van der Waals surface area contributed by atoms with Crippen molar-refractivity contribution >= 4 is 29.0 Å². The van der Waals surface area contributed by atoms with Gasteiger partial charge in [-0.15, -0.1) is 0 Å². The fraction of sp³-hybridized carbons (Fsp3) is 0.273. The number of thioether (sulfide) groups is 1. The SMILES string of the molecule is COc1cc(/C=C2\SC(=O)N(CCOc3cc(C)ccc3C)C2=O)ccc1C. The minimum atomic E-state index is -0.292. The molecule has 1 heterocycles. The molecule has 3 rings (SSSR count). The zero-order valence-electron chi connectivity index (χ0n) is 16.4. The zero-order valence-corrected chi connectivity index (χ0v) is 17.3. The lowest BCUT2D eigenvalue weighted by molar-refractivity contribution is -0.123. The number of amides is 2. The Labute approximate surface area is 169 Å². The fourth-order valence-electron chi connectivity index (χ4n) is 2.88. The molecule has 2 amide bonds. The van der Waals surface area contributed by atoms with Crippen molar-refractivity contribution in [3.8, 4) is 11.5 Å². The first-order chi connectivity index (χ1) is 13.4. The van der Waals surface area contributed by atoms with E-state index in [0.717, 1.165) is 45.5 Å². The van der Waals surface area contributed by atoms with Gasteiger partial charge in [-0.2, -0.15) is 0 Å². The molecule has 0 unspecified atom stereocenters. The molecule has 0 radical (unpaired) electrons. The molecule has 5 nitrogen and oxygen atoms in total. The van der Waals surface area contributed by atoms with E-state index in [1.54, 1.807) is 13.2 Å². The highest BCUT2D eigenvalue weighted by atomic mass is 32.2. The Bertz CT molecular complexity index is 952. The Morgan fingerprint density at radius 3 is 2.46 bits per heavy atom. The third-order valence-corrected chi connectivity index (χ3v) is 5.43. The standard InChI is InChI=1S/C22H23NO4S/c1-14-5-6-16(3)19(11-14)27-10-9-23-21(24)20(28-22(23)25)13-17-8-7-15(2)18(12-17)26-4/h5-8,11-13H,9-10H2,1-4H3/b20-13-. The van der Waals surface area contributed by atoms with Gasteiger partial charge < -0.3 is 9.47 Å². The van der Waals surface area contributed by atoms with Crippen LogP contribution in [-0.4, -0.2) is 36.3 Å². The van der Waals surface area contributed by atoms with Crippen molar-refractivity contribution < 1.29 is 19.1 Å². The van der Waals surface area contributed by atoms with Crippen molar-refractivity contribution in [1.82, 2.24) is 4.90 Å². The molecule has 0 saturated carbocycles. The third-order valence-electron chi connectivity index (χ3n) is 4.52. The van der Waals surface area contributed by atoms with Crippen molar-refractivity contribution in [3.05, 3.63) is 63.6 Å². The molecule has 0 spiro atoms. The predicted molar refractivity (Wildman–Crippen MR) is 112 cm³/mol. The van der Waals surface area contributed by atoms with Crippen LogP contribution < -0.4 is 9.47 Å². The van der Waals surface area contributed by atoms with Crippen LogP contribution in [-0.2, 0) is 4.79 Å². The summed E-state index contributed by atoms with van der Waals surface area (Å²) >= 11 is 0.948. The van der Waals surface area contributed by atoms with Gasteiger partial charge in [-0.3, -0.25) is 14.5 Å². The molecule has 1 saturated heterocycles. The highest BCUT2D eigenvalue weighted by Crippen LogP contribution is 2.33.